The van der Waals surface area contributed by atoms with E-state index in [1.807, 2.05) is 0 Å². The molecule has 0 spiro atoms. The van der Waals surface area contributed by atoms with E-state index in [-0.39, 0.29) is 6.04 Å². The summed E-state index contributed by atoms with van der Waals surface area (Å²) in [5.74, 6) is 5.69. The van der Waals surface area contributed by atoms with Crippen LogP contribution in [0.4, 0.5) is 0 Å². The average molecular weight is 264 g/mol. The number of thiophene rings is 1. The molecule has 1 aromatic heterocycles. The number of rotatable bonds is 5. The molecule has 2 aromatic rings. The van der Waals surface area contributed by atoms with Crippen LogP contribution in [-0.4, -0.2) is 6.26 Å². The van der Waals surface area contributed by atoms with Gasteiger partial charge in [-0.2, -0.15) is 11.3 Å². The fraction of sp³-hybridized carbons (Fsp3) is 0.231. The molecule has 0 aliphatic heterocycles. The van der Waals surface area contributed by atoms with Crippen molar-refractivity contribution >= 4 is 23.1 Å². The maximum Gasteiger partial charge on any atom is 0.0511 e. The van der Waals surface area contributed by atoms with Crippen LogP contribution in [0.5, 0.6) is 0 Å². The maximum atomic E-state index is 5.69. The van der Waals surface area contributed by atoms with Gasteiger partial charge in [-0.05, 0) is 46.7 Å². The van der Waals surface area contributed by atoms with Crippen molar-refractivity contribution in [1.29, 1.82) is 0 Å². The quantitative estimate of drug-likeness (QED) is 0.495. The Morgan fingerprint density at radius 2 is 2.18 bits per heavy atom. The summed E-state index contributed by atoms with van der Waals surface area (Å²) in [5, 5.41) is 4.27. The lowest BCUT2D eigenvalue weighted by Crippen LogP contribution is -2.29. The first-order chi connectivity index (χ1) is 8.35. The van der Waals surface area contributed by atoms with Crippen LogP contribution in [0.2, 0.25) is 0 Å². The Bertz CT molecular complexity index is 454. The molecule has 0 aliphatic carbocycles. The second kappa shape index (κ2) is 6.21. The summed E-state index contributed by atoms with van der Waals surface area (Å²) in [6, 6.07) is 10.7. The maximum absolute atomic E-state index is 5.69. The van der Waals surface area contributed by atoms with Gasteiger partial charge in [0, 0.05) is 4.90 Å². The monoisotopic (exact) mass is 264 g/mol. The Balaban J connectivity index is 2.22. The van der Waals surface area contributed by atoms with Gasteiger partial charge in [-0.3, -0.25) is 11.3 Å². The van der Waals surface area contributed by atoms with Crippen molar-refractivity contribution < 1.29 is 0 Å². The van der Waals surface area contributed by atoms with E-state index in [0.717, 1.165) is 6.42 Å². The molecule has 17 heavy (non-hydrogen) atoms. The van der Waals surface area contributed by atoms with E-state index in [9.17, 15) is 0 Å². The molecule has 1 unspecified atom stereocenters. The summed E-state index contributed by atoms with van der Waals surface area (Å²) in [7, 11) is 0. The summed E-state index contributed by atoms with van der Waals surface area (Å²) in [4.78, 5) is 1.28. The van der Waals surface area contributed by atoms with Gasteiger partial charge in [0.25, 0.3) is 0 Å². The van der Waals surface area contributed by atoms with Gasteiger partial charge >= 0.3 is 0 Å². The molecule has 4 heteroatoms. The first-order valence-corrected chi connectivity index (χ1v) is 7.62. The SMILES string of the molecule is CSc1ccccc1C(Cc1ccsc1)NN. The number of hydrogen-bond acceptors (Lipinski definition) is 4. The van der Waals surface area contributed by atoms with Crippen LogP contribution in [0.25, 0.3) is 0 Å². The van der Waals surface area contributed by atoms with Gasteiger partial charge in [0.2, 0.25) is 0 Å². The summed E-state index contributed by atoms with van der Waals surface area (Å²) in [5.41, 5.74) is 5.52. The lowest BCUT2D eigenvalue weighted by Gasteiger charge is -2.18. The second-order valence-corrected chi connectivity index (χ2v) is 5.43. The topological polar surface area (TPSA) is 38.0 Å². The molecule has 2 nitrogen and oxygen atoms in total. The number of nitrogens with two attached hydrogens (primary N) is 1. The Morgan fingerprint density at radius 1 is 1.35 bits per heavy atom. The number of nitrogens with one attached hydrogen (secondary N) is 1. The van der Waals surface area contributed by atoms with E-state index >= 15 is 0 Å². The van der Waals surface area contributed by atoms with Gasteiger partial charge < -0.3 is 0 Å². The molecule has 1 heterocycles. The molecular formula is C13H16N2S2. The zero-order valence-corrected chi connectivity index (χ0v) is 11.4. The molecule has 0 radical (unpaired) electrons. The molecule has 90 valence electrons. The average Bonchev–Trinajstić information content (AvgIpc) is 2.89. The van der Waals surface area contributed by atoms with Gasteiger partial charge in [-0.25, -0.2) is 0 Å². The van der Waals surface area contributed by atoms with Crippen molar-refractivity contribution in [3.05, 3.63) is 52.2 Å². The third-order valence-electron chi connectivity index (χ3n) is 2.74. The summed E-state index contributed by atoms with van der Waals surface area (Å²) < 4.78 is 0. The molecule has 0 saturated carbocycles. The number of benzene rings is 1. The van der Waals surface area contributed by atoms with E-state index in [0.29, 0.717) is 0 Å². The molecule has 2 rings (SSSR count). The van der Waals surface area contributed by atoms with Crippen LogP contribution in [0.15, 0.2) is 46.0 Å². The molecule has 1 aromatic carbocycles. The van der Waals surface area contributed by atoms with Crippen LogP contribution >= 0.6 is 23.1 Å². The van der Waals surface area contributed by atoms with Crippen LogP contribution in [0, 0.1) is 0 Å². The highest BCUT2D eigenvalue weighted by Gasteiger charge is 2.13. The smallest absolute Gasteiger partial charge is 0.0511 e. The highest BCUT2D eigenvalue weighted by atomic mass is 32.2. The van der Waals surface area contributed by atoms with Gasteiger partial charge in [-0.15, -0.1) is 11.8 Å². The minimum Gasteiger partial charge on any atom is -0.271 e. The van der Waals surface area contributed by atoms with Crippen molar-refractivity contribution in [1.82, 2.24) is 5.43 Å². The summed E-state index contributed by atoms with van der Waals surface area (Å²) in [6.45, 7) is 0. The van der Waals surface area contributed by atoms with E-state index in [2.05, 4.69) is 52.8 Å². The molecule has 0 saturated heterocycles. The van der Waals surface area contributed by atoms with Crippen LogP contribution in [0.3, 0.4) is 0 Å². The Morgan fingerprint density at radius 3 is 2.82 bits per heavy atom. The molecule has 0 fully saturated rings. The lowest BCUT2D eigenvalue weighted by atomic mass is 10.0. The van der Waals surface area contributed by atoms with Crippen molar-refractivity contribution in [2.24, 2.45) is 5.84 Å². The Labute approximate surface area is 110 Å². The number of hydrazine groups is 1. The van der Waals surface area contributed by atoms with Gasteiger partial charge in [0.05, 0.1) is 6.04 Å². The first kappa shape index (κ1) is 12.6. The molecule has 0 bridgehead atoms. The van der Waals surface area contributed by atoms with Crippen LogP contribution in [-0.2, 0) is 6.42 Å². The van der Waals surface area contributed by atoms with Gasteiger partial charge in [-0.1, -0.05) is 18.2 Å². The summed E-state index contributed by atoms with van der Waals surface area (Å²) in [6.07, 6.45) is 3.02. The Kier molecular flexibility index (Phi) is 4.62. The third kappa shape index (κ3) is 3.10. The highest BCUT2D eigenvalue weighted by molar-refractivity contribution is 7.98. The third-order valence-corrected chi connectivity index (χ3v) is 4.28. The van der Waals surface area contributed by atoms with E-state index in [1.54, 1.807) is 23.1 Å². The Hall–Kier alpha value is -0.810. The van der Waals surface area contributed by atoms with Crippen molar-refractivity contribution in [3.8, 4) is 0 Å². The largest absolute Gasteiger partial charge is 0.271 e. The molecule has 1 atom stereocenters. The van der Waals surface area contributed by atoms with E-state index in [4.69, 9.17) is 5.84 Å². The minimum atomic E-state index is 0.174. The number of hydrogen-bond donors (Lipinski definition) is 2. The fourth-order valence-corrected chi connectivity index (χ4v) is 3.20. The van der Waals surface area contributed by atoms with Gasteiger partial charge in [0.1, 0.15) is 0 Å². The predicted molar refractivity (Wildman–Crippen MR) is 76.3 cm³/mol. The van der Waals surface area contributed by atoms with Crippen molar-refractivity contribution in [2.75, 3.05) is 6.26 Å². The zero-order valence-electron chi connectivity index (χ0n) is 9.72. The normalized spacial score (nSPS) is 12.6. The second-order valence-electron chi connectivity index (χ2n) is 3.80. The minimum absolute atomic E-state index is 0.174. The van der Waals surface area contributed by atoms with Crippen LogP contribution < -0.4 is 11.3 Å². The fourth-order valence-electron chi connectivity index (χ4n) is 1.86. The number of thioether (sulfide) groups is 1. The zero-order chi connectivity index (χ0) is 12.1. The predicted octanol–water partition coefficient (Wildman–Crippen LogP) is 3.22. The first-order valence-electron chi connectivity index (χ1n) is 5.45. The molecule has 0 amide bonds. The highest BCUT2D eigenvalue weighted by Crippen LogP contribution is 2.27. The molecule has 3 N–H and O–H groups in total. The summed E-state index contributed by atoms with van der Waals surface area (Å²) >= 11 is 3.48. The lowest BCUT2D eigenvalue weighted by molar-refractivity contribution is 0.545. The van der Waals surface area contributed by atoms with E-state index < -0.39 is 0 Å². The van der Waals surface area contributed by atoms with E-state index in [1.165, 1.54) is 16.0 Å². The molecule has 0 aliphatic rings. The van der Waals surface area contributed by atoms with Crippen molar-refractivity contribution in [3.63, 3.8) is 0 Å². The van der Waals surface area contributed by atoms with Crippen molar-refractivity contribution in [2.45, 2.75) is 17.4 Å². The van der Waals surface area contributed by atoms with Crippen LogP contribution in [0.1, 0.15) is 17.2 Å². The van der Waals surface area contributed by atoms with Gasteiger partial charge in [0.15, 0.2) is 0 Å². The molecular weight excluding hydrogens is 248 g/mol. The standard InChI is InChI=1S/C13H16N2S2/c1-16-13-5-3-2-4-11(13)12(15-14)8-10-6-7-17-9-10/h2-7,9,12,15H,8,14H2,1H3.